The molecule has 15 heteroatoms. The van der Waals surface area contributed by atoms with Crippen LogP contribution in [-0.2, 0) is 20.6 Å². The Morgan fingerprint density at radius 3 is 2.61 bits per heavy atom. The van der Waals surface area contributed by atoms with Gasteiger partial charge in [0.25, 0.3) is 0 Å². The number of piperazine rings is 1. The van der Waals surface area contributed by atoms with Crippen molar-refractivity contribution in [1.29, 1.82) is 0 Å². The van der Waals surface area contributed by atoms with E-state index >= 15 is 0 Å². The van der Waals surface area contributed by atoms with Gasteiger partial charge in [0.15, 0.2) is 33.9 Å². The summed E-state index contributed by atoms with van der Waals surface area (Å²) >= 11 is -1.98. The first-order valence-corrected chi connectivity index (χ1v) is 13.0. The second kappa shape index (κ2) is 10.4. The summed E-state index contributed by atoms with van der Waals surface area (Å²) in [4.78, 5) is 41.0. The van der Waals surface area contributed by atoms with Gasteiger partial charge in [0, 0.05) is 51.5 Å². The maximum absolute atomic E-state index is 12.9. The molecule has 2 atom stereocenters. The molecule has 36 heavy (non-hydrogen) atoms. The van der Waals surface area contributed by atoms with Crippen molar-refractivity contribution in [2.45, 2.75) is 19.5 Å². The summed E-state index contributed by atoms with van der Waals surface area (Å²) in [6, 6.07) is 0. The molecule has 0 radical (unpaired) electrons. The van der Waals surface area contributed by atoms with Gasteiger partial charge in [0.1, 0.15) is 12.0 Å². The molecule has 5 heterocycles. The Bertz CT molecular complexity index is 1260. The van der Waals surface area contributed by atoms with E-state index in [1.807, 2.05) is 16.4 Å². The van der Waals surface area contributed by atoms with Gasteiger partial charge in [0.2, 0.25) is 11.9 Å². The fourth-order valence-corrected chi connectivity index (χ4v) is 5.07. The summed E-state index contributed by atoms with van der Waals surface area (Å²) in [5.74, 6) is 1.20. The largest absolute Gasteiger partial charge is 0.378 e. The van der Waals surface area contributed by atoms with Crippen LogP contribution >= 0.6 is 0 Å². The molecule has 2 saturated heterocycles. The van der Waals surface area contributed by atoms with Crippen LogP contribution in [0, 0.1) is 0 Å². The van der Waals surface area contributed by atoms with E-state index < -0.39 is 17.2 Å². The standard InChI is InChI=1S/C21H28N10O4S/c1-2-16(32)30-4-3-28(13-36(33)34)11-15(30)31-12-25-17-19(29-5-7-35-8-6-29)26-18(27-20(17)31)14-9-23-21(22)24-10-14/h9-10,12,15H,2-8,11,13H2,1H3,(H,33,34)(H2,22,23,24). The molecule has 1 amide bonds. The van der Waals surface area contributed by atoms with Crippen molar-refractivity contribution < 1.29 is 18.3 Å². The van der Waals surface area contributed by atoms with E-state index in [1.54, 1.807) is 23.6 Å². The maximum atomic E-state index is 12.9. The van der Waals surface area contributed by atoms with Crippen LogP contribution in [-0.4, -0.2) is 106 Å². The molecule has 0 aliphatic carbocycles. The smallest absolute Gasteiger partial charge is 0.224 e. The van der Waals surface area contributed by atoms with Gasteiger partial charge < -0.3 is 24.8 Å². The Hall–Kier alpha value is -3.27. The number of hydrogen-bond donors (Lipinski definition) is 2. The minimum atomic E-state index is -1.98. The van der Waals surface area contributed by atoms with Crippen molar-refractivity contribution in [3.8, 4) is 11.4 Å². The van der Waals surface area contributed by atoms with Crippen molar-refractivity contribution in [2.75, 3.05) is 62.4 Å². The number of imidazole rings is 1. The third-order valence-corrected chi connectivity index (χ3v) is 6.90. The number of anilines is 2. The SMILES string of the molecule is CCC(=O)N1CCN(CS(=O)O)CC1n1cnc2c(N3CCOCC3)nc(-c3cnc(N)nc3)nc21. The first kappa shape index (κ1) is 24.4. The number of aromatic nitrogens is 6. The fraction of sp³-hybridized carbons (Fsp3) is 0.524. The average Bonchev–Trinajstić information content (AvgIpc) is 3.32. The predicted molar refractivity (Wildman–Crippen MR) is 132 cm³/mol. The van der Waals surface area contributed by atoms with Gasteiger partial charge in [-0.15, -0.1) is 0 Å². The molecule has 192 valence electrons. The zero-order valence-electron chi connectivity index (χ0n) is 19.9. The van der Waals surface area contributed by atoms with Gasteiger partial charge in [-0.2, -0.15) is 0 Å². The van der Waals surface area contributed by atoms with Gasteiger partial charge in [-0.25, -0.2) is 29.1 Å². The highest BCUT2D eigenvalue weighted by Crippen LogP contribution is 2.31. The normalized spacial score (nSPS) is 20.1. The van der Waals surface area contributed by atoms with Gasteiger partial charge >= 0.3 is 0 Å². The van der Waals surface area contributed by atoms with Crippen LogP contribution in [0.3, 0.4) is 0 Å². The molecule has 2 aliphatic rings. The van der Waals surface area contributed by atoms with Gasteiger partial charge in [-0.1, -0.05) is 6.92 Å². The number of ether oxygens (including phenoxy) is 1. The third-order valence-electron chi connectivity index (χ3n) is 6.32. The number of nitrogens with zero attached hydrogens (tertiary/aromatic N) is 9. The first-order valence-electron chi connectivity index (χ1n) is 11.7. The topological polar surface area (TPSA) is 169 Å². The second-order valence-electron chi connectivity index (χ2n) is 8.57. The number of rotatable bonds is 6. The monoisotopic (exact) mass is 516 g/mol. The van der Waals surface area contributed by atoms with Gasteiger partial charge in [-0.05, 0) is 0 Å². The molecule has 3 N–H and O–H groups in total. The molecular weight excluding hydrogens is 488 g/mol. The van der Waals surface area contributed by atoms with Crippen LogP contribution in [0.4, 0.5) is 11.8 Å². The second-order valence-corrected chi connectivity index (χ2v) is 9.47. The summed E-state index contributed by atoms with van der Waals surface area (Å²) in [6.07, 6.45) is 4.68. The highest BCUT2D eigenvalue weighted by Gasteiger charge is 2.33. The number of carbonyl (C=O) groups excluding carboxylic acids is 1. The van der Waals surface area contributed by atoms with E-state index in [0.29, 0.717) is 80.7 Å². The Labute approximate surface area is 209 Å². The number of nitrogens with two attached hydrogens (primary N) is 1. The highest BCUT2D eigenvalue weighted by molar-refractivity contribution is 7.79. The lowest BCUT2D eigenvalue weighted by Gasteiger charge is -2.41. The first-order chi connectivity index (χ1) is 17.4. The zero-order valence-corrected chi connectivity index (χ0v) is 20.7. The van der Waals surface area contributed by atoms with Crippen LogP contribution in [0.15, 0.2) is 18.7 Å². The van der Waals surface area contributed by atoms with Crippen LogP contribution in [0.25, 0.3) is 22.6 Å². The number of morpholine rings is 1. The van der Waals surface area contributed by atoms with Crippen LogP contribution in [0.1, 0.15) is 19.5 Å². The summed E-state index contributed by atoms with van der Waals surface area (Å²) in [6.45, 7) is 5.55. The molecule has 5 rings (SSSR count). The maximum Gasteiger partial charge on any atom is 0.224 e. The summed E-state index contributed by atoms with van der Waals surface area (Å²) in [7, 11) is 0. The minimum absolute atomic E-state index is 0.000671. The van der Waals surface area contributed by atoms with E-state index in [0.717, 1.165) is 0 Å². The Kier molecular flexibility index (Phi) is 7.04. The lowest BCUT2D eigenvalue weighted by Crippen LogP contribution is -2.52. The van der Waals surface area contributed by atoms with E-state index in [-0.39, 0.29) is 17.7 Å². The zero-order chi connectivity index (χ0) is 25.2. The minimum Gasteiger partial charge on any atom is -0.378 e. The summed E-state index contributed by atoms with van der Waals surface area (Å²) < 4.78 is 28.3. The molecule has 0 spiro atoms. The molecule has 14 nitrogen and oxygen atoms in total. The lowest BCUT2D eigenvalue weighted by molar-refractivity contribution is -0.138. The fourth-order valence-electron chi connectivity index (χ4n) is 4.52. The molecule has 3 aromatic heterocycles. The van der Waals surface area contributed by atoms with E-state index in [2.05, 4.69) is 19.9 Å². The van der Waals surface area contributed by atoms with Crippen LogP contribution in [0.2, 0.25) is 0 Å². The molecule has 0 bridgehead atoms. The molecule has 3 aromatic rings. The average molecular weight is 517 g/mol. The van der Waals surface area contributed by atoms with Crippen molar-refractivity contribution in [3.63, 3.8) is 0 Å². The predicted octanol–water partition coefficient (Wildman–Crippen LogP) is -0.0659. The lowest BCUT2D eigenvalue weighted by atomic mass is 10.2. The van der Waals surface area contributed by atoms with Crippen molar-refractivity contribution in [2.24, 2.45) is 0 Å². The molecule has 2 fully saturated rings. The summed E-state index contributed by atoms with van der Waals surface area (Å²) in [5.41, 5.74) is 7.41. The van der Waals surface area contributed by atoms with E-state index in [4.69, 9.17) is 20.4 Å². The molecule has 0 saturated carbocycles. The number of carbonyl (C=O) groups is 1. The highest BCUT2D eigenvalue weighted by atomic mass is 32.2. The van der Waals surface area contributed by atoms with Crippen molar-refractivity contribution in [1.82, 2.24) is 39.3 Å². The van der Waals surface area contributed by atoms with E-state index in [1.165, 1.54) is 0 Å². The molecule has 2 unspecified atom stereocenters. The van der Waals surface area contributed by atoms with Crippen molar-refractivity contribution in [3.05, 3.63) is 18.7 Å². The van der Waals surface area contributed by atoms with Crippen molar-refractivity contribution >= 4 is 39.9 Å². The number of nitrogen functional groups attached to an aromatic ring is 1. The van der Waals surface area contributed by atoms with Gasteiger partial charge in [0.05, 0.1) is 25.1 Å². The van der Waals surface area contributed by atoms with Crippen LogP contribution in [0.5, 0.6) is 0 Å². The summed E-state index contributed by atoms with van der Waals surface area (Å²) in [5, 5.41) is 0. The third kappa shape index (κ3) is 4.86. The number of fused-ring (bicyclic) bond motifs is 1. The quantitative estimate of drug-likeness (QED) is 0.419. The van der Waals surface area contributed by atoms with E-state index in [9.17, 15) is 13.6 Å². The molecule has 2 aliphatic heterocycles. The Morgan fingerprint density at radius 2 is 1.92 bits per heavy atom. The number of hydrogen-bond acceptors (Lipinski definition) is 11. The molecule has 0 aromatic carbocycles. The molecular formula is C21H28N10O4S. The Morgan fingerprint density at radius 1 is 1.17 bits per heavy atom. The van der Waals surface area contributed by atoms with Crippen LogP contribution < -0.4 is 10.6 Å². The van der Waals surface area contributed by atoms with Gasteiger partial charge in [-0.3, -0.25) is 14.3 Å². The Balaban J connectivity index is 1.63. The number of amides is 1.